The summed E-state index contributed by atoms with van der Waals surface area (Å²) in [6.07, 6.45) is 4.52. The summed E-state index contributed by atoms with van der Waals surface area (Å²) >= 11 is 0. The van der Waals surface area contributed by atoms with E-state index in [1.54, 1.807) is 13.3 Å². The van der Waals surface area contributed by atoms with Crippen molar-refractivity contribution >= 4 is 17.1 Å². The number of rotatable bonds is 3. The Hall–Kier alpha value is -2.99. The molecule has 29 heavy (non-hydrogen) atoms. The van der Waals surface area contributed by atoms with Crippen molar-refractivity contribution in [3.63, 3.8) is 0 Å². The zero-order chi connectivity index (χ0) is 20.1. The van der Waals surface area contributed by atoms with Gasteiger partial charge in [0.15, 0.2) is 0 Å². The van der Waals surface area contributed by atoms with Crippen molar-refractivity contribution in [2.45, 2.75) is 26.3 Å². The zero-order valence-corrected chi connectivity index (χ0v) is 16.8. The van der Waals surface area contributed by atoms with Gasteiger partial charge >= 0.3 is 0 Å². The lowest BCUT2D eigenvalue weighted by molar-refractivity contribution is 0.181. The molecule has 2 aromatic heterocycles. The Morgan fingerprint density at radius 3 is 2.90 bits per heavy atom. The fraction of sp³-hybridized carbons (Fsp3) is 0.348. The first-order valence-corrected chi connectivity index (χ1v) is 9.90. The van der Waals surface area contributed by atoms with Crippen LogP contribution in [0, 0.1) is 19.8 Å². The lowest BCUT2D eigenvalue weighted by atomic mass is 9.89. The van der Waals surface area contributed by atoms with Crippen molar-refractivity contribution in [1.82, 2.24) is 9.97 Å². The van der Waals surface area contributed by atoms with Gasteiger partial charge in [-0.3, -0.25) is 9.79 Å². The minimum absolute atomic E-state index is 0.00681. The number of aromatic amines is 1. The summed E-state index contributed by atoms with van der Waals surface area (Å²) in [6, 6.07) is 6.25. The molecule has 0 saturated carbocycles. The lowest BCUT2D eigenvalue weighted by Gasteiger charge is -2.18. The van der Waals surface area contributed by atoms with Gasteiger partial charge in [-0.2, -0.15) is 0 Å². The number of fused-ring (bicyclic) bond motifs is 3. The van der Waals surface area contributed by atoms with E-state index in [0.29, 0.717) is 24.0 Å². The van der Waals surface area contributed by atoms with Crippen molar-refractivity contribution < 1.29 is 9.47 Å². The molecule has 0 bridgehead atoms. The second-order valence-electron chi connectivity index (χ2n) is 7.84. The first-order chi connectivity index (χ1) is 14.1. The summed E-state index contributed by atoms with van der Waals surface area (Å²) in [5.41, 5.74) is 6.62. The van der Waals surface area contributed by atoms with Gasteiger partial charge in [-0.1, -0.05) is 12.1 Å². The van der Waals surface area contributed by atoms with Gasteiger partial charge in [-0.15, -0.1) is 0 Å². The lowest BCUT2D eigenvalue weighted by Crippen LogP contribution is -2.16. The number of hydrogen-bond donors (Lipinski definition) is 1. The van der Waals surface area contributed by atoms with Gasteiger partial charge in [0.25, 0.3) is 5.56 Å². The Bertz CT molecular complexity index is 1210. The summed E-state index contributed by atoms with van der Waals surface area (Å²) in [4.78, 5) is 24.8. The summed E-state index contributed by atoms with van der Waals surface area (Å²) in [5, 5.41) is 1.05. The SMILES string of the molecule is COc1ncc(C)c(-c2ccc3c4c(c(=O)[nH]c3c2)C=N[C@H]4C2CCOC2)c1C. The summed E-state index contributed by atoms with van der Waals surface area (Å²) < 4.78 is 11.0. The van der Waals surface area contributed by atoms with Crippen LogP contribution in [0.5, 0.6) is 5.88 Å². The molecule has 5 rings (SSSR count). The fourth-order valence-corrected chi connectivity index (χ4v) is 4.70. The second-order valence-corrected chi connectivity index (χ2v) is 7.84. The van der Waals surface area contributed by atoms with Crippen LogP contribution in [-0.2, 0) is 4.74 Å². The number of pyridine rings is 2. The van der Waals surface area contributed by atoms with Gasteiger partial charge in [0.2, 0.25) is 5.88 Å². The average Bonchev–Trinajstić information content (AvgIpc) is 3.38. The third kappa shape index (κ3) is 2.78. The maximum atomic E-state index is 12.8. The van der Waals surface area contributed by atoms with Crippen molar-refractivity contribution in [2.75, 3.05) is 20.3 Å². The molecule has 1 fully saturated rings. The molecule has 6 heteroatoms. The summed E-state index contributed by atoms with van der Waals surface area (Å²) in [7, 11) is 1.63. The first-order valence-electron chi connectivity index (χ1n) is 9.90. The minimum Gasteiger partial charge on any atom is -0.481 e. The van der Waals surface area contributed by atoms with E-state index < -0.39 is 0 Å². The molecule has 4 heterocycles. The number of H-pyrrole nitrogens is 1. The topological polar surface area (TPSA) is 76.6 Å². The number of aliphatic imine (C=N–C) groups is 1. The molecule has 0 amide bonds. The van der Waals surface area contributed by atoms with Gasteiger partial charge in [0, 0.05) is 47.0 Å². The minimum atomic E-state index is -0.0874. The highest BCUT2D eigenvalue weighted by atomic mass is 16.5. The van der Waals surface area contributed by atoms with Gasteiger partial charge in [0.05, 0.1) is 25.3 Å². The van der Waals surface area contributed by atoms with E-state index >= 15 is 0 Å². The van der Waals surface area contributed by atoms with E-state index in [0.717, 1.165) is 51.7 Å². The van der Waals surface area contributed by atoms with Crippen molar-refractivity contribution in [1.29, 1.82) is 0 Å². The van der Waals surface area contributed by atoms with Crippen molar-refractivity contribution in [3.8, 4) is 17.0 Å². The highest BCUT2D eigenvalue weighted by Gasteiger charge is 2.33. The maximum absolute atomic E-state index is 12.8. The Morgan fingerprint density at radius 2 is 2.14 bits per heavy atom. The van der Waals surface area contributed by atoms with Gasteiger partial charge < -0.3 is 14.5 Å². The quantitative estimate of drug-likeness (QED) is 0.741. The molecule has 3 aromatic rings. The molecular weight excluding hydrogens is 366 g/mol. The molecule has 2 aliphatic heterocycles. The molecule has 2 aliphatic rings. The summed E-state index contributed by atoms with van der Waals surface area (Å²) in [5.74, 6) is 0.939. The van der Waals surface area contributed by atoms with E-state index in [9.17, 15) is 4.79 Å². The van der Waals surface area contributed by atoms with Gasteiger partial charge in [-0.25, -0.2) is 4.98 Å². The molecule has 0 radical (unpaired) electrons. The second kappa shape index (κ2) is 6.81. The predicted octanol–water partition coefficient (Wildman–Crippen LogP) is 3.73. The largest absolute Gasteiger partial charge is 0.481 e. The van der Waals surface area contributed by atoms with Crippen LogP contribution in [-0.4, -0.2) is 36.5 Å². The van der Waals surface area contributed by atoms with Crippen LogP contribution in [0.3, 0.4) is 0 Å². The Morgan fingerprint density at radius 1 is 1.28 bits per heavy atom. The molecule has 0 spiro atoms. The third-order valence-corrected chi connectivity index (χ3v) is 6.11. The van der Waals surface area contributed by atoms with Crippen LogP contribution in [0.4, 0.5) is 0 Å². The average molecular weight is 389 g/mol. The molecule has 1 saturated heterocycles. The fourth-order valence-electron chi connectivity index (χ4n) is 4.70. The Kier molecular flexibility index (Phi) is 4.24. The number of ether oxygens (including phenoxy) is 2. The Balaban J connectivity index is 1.69. The molecule has 1 N–H and O–H groups in total. The molecule has 0 aliphatic carbocycles. The van der Waals surface area contributed by atoms with E-state index in [4.69, 9.17) is 9.47 Å². The van der Waals surface area contributed by atoms with Gasteiger partial charge in [0.1, 0.15) is 0 Å². The smallest absolute Gasteiger partial charge is 0.257 e. The van der Waals surface area contributed by atoms with Crippen molar-refractivity contribution in [3.05, 3.63) is 57.0 Å². The van der Waals surface area contributed by atoms with E-state index in [-0.39, 0.29) is 11.6 Å². The molecule has 1 aromatic carbocycles. The maximum Gasteiger partial charge on any atom is 0.257 e. The number of methoxy groups -OCH3 is 1. The standard InChI is InChI=1S/C23H23N3O3/c1-12-9-25-23(28-3)13(2)19(12)14-4-5-16-18(8-14)26-22(27)17-10-24-21(20(16)17)15-6-7-29-11-15/h4-5,8-10,15,21H,6-7,11H2,1-3H3,(H,26,27)/t15?,21-/m0/s1. The number of benzene rings is 1. The van der Waals surface area contributed by atoms with Crippen molar-refractivity contribution in [2.24, 2.45) is 10.9 Å². The van der Waals surface area contributed by atoms with Gasteiger partial charge in [-0.05, 0) is 43.0 Å². The van der Waals surface area contributed by atoms with Crippen LogP contribution in [0.1, 0.15) is 34.7 Å². The number of hydrogen-bond acceptors (Lipinski definition) is 5. The van der Waals surface area contributed by atoms with Crippen LogP contribution < -0.4 is 10.3 Å². The molecular formula is C23H23N3O3. The predicted molar refractivity (Wildman–Crippen MR) is 113 cm³/mol. The number of nitrogens with one attached hydrogen (secondary N) is 1. The van der Waals surface area contributed by atoms with E-state index in [2.05, 4.69) is 27.1 Å². The van der Waals surface area contributed by atoms with E-state index in [1.165, 1.54) is 0 Å². The van der Waals surface area contributed by atoms with E-state index in [1.807, 2.05) is 26.1 Å². The molecule has 1 unspecified atom stereocenters. The molecule has 6 nitrogen and oxygen atoms in total. The number of nitrogens with zero attached hydrogens (tertiary/aromatic N) is 2. The van der Waals surface area contributed by atoms with Crippen LogP contribution >= 0.6 is 0 Å². The highest BCUT2D eigenvalue weighted by molar-refractivity contribution is 5.96. The molecule has 148 valence electrons. The zero-order valence-electron chi connectivity index (χ0n) is 16.8. The number of aryl methyl sites for hydroxylation is 1. The first kappa shape index (κ1) is 18.1. The van der Waals surface area contributed by atoms with Crippen LogP contribution in [0.2, 0.25) is 0 Å². The number of aromatic nitrogens is 2. The monoisotopic (exact) mass is 389 g/mol. The van der Waals surface area contributed by atoms with Crippen LogP contribution in [0.15, 0.2) is 34.2 Å². The Labute approximate surface area is 168 Å². The summed E-state index contributed by atoms with van der Waals surface area (Å²) in [6.45, 7) is 5.50. The third-order valence-electron chi connectivity index (χ3n) is 6.11. The highest BCUT2D eigenvalue weighted by Crippen LogP contribution is 2.40. The van der Waals surface area contributed by atoms with Crippen LogP contribution in [0.25, 0.3) is 22.0 Å². The molecule has 2 atom stereocenters. The normalized spacial score (nSPS) is 20.4.